The van der Waals surface area contributed by atoms with E-state index in [1.807, 2.05) is 13.0 Å². The molecule has 5 nitrogen and oxygen atoms in total. The quantitative estimate of drug-likeness (QED) is 0.408. The molecule has 1 aliphatic rings. The van der Waals surface area contributed by atoms with Crippen LogP contribution in [0, 0.1) is 0 Å². The summed E-state index contributed by atoms with van der Waals surface area (Å²) in [5, 5.41) is 0. The van der Waals surface area contributed by atoms with Gasteiger partial charge in [0.05, 0.1) is 6.61 Å². The van der Waals surface area contributed by atoms with E-state index >= 15 is 0 Å². The van der Waals surface area contributed by atoms with Crippen LogP contribution in [0.3, 0.4) is 0 Å². The Balaban J connectivity index is 2.25. The Labute approximate surface area is 122 Å². The molecule has 1 unspecified atom stereocenters. The predicted molar refractivity (Wildman–Crippen MR) is 79.2 cm³/mol. The first-order valence-electron chi connectivity index (χ1n) is 7.34. The zero-order valence-corrected chi connectivity index (χ0v) is 13.4. The van der Waals surface area contributed by atoms with Crippen LogP contribution in [-0.2, 0) is 13.8 Å². The van der Waals surface area contributed by atoms with E-state index in [0.29, 0.717) is 32.5 Å². The number of allylic oxidation sites excluding steroid dienone is 1. The van der Waals surface area contributed by atoms with Crippen LogP contribution in [0.4, 0.5) is 4.79 Å². The summed E-state index contributed by atoms with van der Waals surface area (Å²) in [6.07, 6.45) is 5.91. The molecule has 1 fully saturated rings. The van der Waals surface area contributed by atoms with Gasteiger partial charge >= 0.3 is 14.1 Å². The van der Waals surface area contributed by atoms with Crippen molar-refractivity contribution in [1.82, 2.24) is 4.90 Å². The molecule has 0 radical (unpaired) electrons. The van der Waals surface area contributed by atoms with Crippen LogP contribution in [0.2, 0.25) is 0 Å². The zero-order valence-electron chi connectivity index (χ0n) is 12.5. The highest BCUT2D eigenvalue weighted by atomic mass is 31.1. The number of hydrogen-bond acceptors (Lipinski definition) is 4. The lowest BCUT2D eigenvalue weighted by Gasteiger charge is -2.27. The molecule has 0 bridgehead atoms. The molecule has 1 aliphatic heterocycles. The van der Waals surface area contributed by atoms with Gasteiger partial charge in [-0.3, -0.25) is 0 Å². The first kappa shape index (κ1) is 17.1. The van der Waals surface area contributed by atoms with E-state index in [-0.39, 0.29) is 6.09 Å². The number of carbonyl (C=O) groups excluding carboxylic acids is 1. The van der Waals surface area contributed by atoms with Crippen LogP contribution in [-0.4, -0.2) is 43.5 Å². The van der Waals surface area contributed by atoms with E-state index in [4.69, 9.17) is 9.26 Å². The zero-order chi connectivity index (χ0) is 14.8. The molecule has 0 aromatic carbocycles. The van der Waals surface area contributed by atoms with Crippen molar-refractivity contribution in [3.05, 3.63) is 11.6 Å². The molecule has 0 spiro atoms. The highest BCUT2D eigenvalue weighted by Crippen LogP contribution is 2.25. The third-order valence-electron chi connectivity index (χ3n) is 3.19. The second-order valence-corrected chi connectivity index (χ2v) is 6.04. The maximum atomic E-state index is 11.6. The van der Waals surface area contributed by atoms with Gasteiger partial charge in [0.2, 0.25) is 0 Å². The van der Waals surface area contributed by atoms with Crippen molar-refractivity contribution >= 4 is 14.1 Å². The van der Waals surface area contributed by atoms with E-state index in [9.17, 15) is 9.36 Å². The fraction of sp³-hybridized carbons (Fsp3) is 0.786. The van der Waals surface area contributed by atoms with Gasteiger partial charge in [0.25, 0.3) is 0 Å². The summed E-state index contributed by atoms with van der Waals surface area (Å²) in [4.78, 5) is 13.3. The minimum absolute atomic E-state index is 0.236. The van der Waals surface area contributed by atoms with Gasteiger partial charge in [0.1, 0.15) is 6.61 Å². The summed E-state index contributed by atoms with van der Waals surface area (Å²) in [5.41, 5.74) is 1.26. The van der Waals surface area contributed by atoms with Gasteiger partial charge in [-0.15, -0.1) is 4.52 Å². The van der Waals surface area contributed by atoms with Crippen molar-refractivity contribution < 1.29 is 18.6 Å². The number of unbranched alkanes of at least 4 members (excludes halogenated alkanes) is 1. The summed E-state index contributed by atoms with van der Waals surface area (Å²) >= 11 is 0. The molecule has 20 heavy (non-hydrogen) atoms. The van der Waals surface area contributed by atoms with E-state index in [2.05, 4.69) is 6.92 Å². The number of amides is 1. The molecule has 6 heteroatoms. The smallest absolute Gasteiger partial charge is 0.450 e. The van der Waals surface area contributed by atoms with Crippen LogP contribution < -0.4 is 0 Å². The molecule has 0 aliphatic carbocycles. The molecule has 0 aromatic rings. The van der Waals surface area contributed by atoms with Crippen LogP contribution in [0.1, 0.15) is 39.5 Å². The Bertz CT molecular complexity index is 347. The van der Waals surface area contributed by atoms with Crippen LogP contribution in [0.5, 0.6) is 0 Å². The molecule has 1 rings (SSSR count). The van der Waals surface area contributed by atoms with Gasteiger partial charge in [0.15, 0.2) is 6.16 Å². The second-order valence-electron chi connectivity index (χ2n) is 4.75. The first-order chi connectivity index (χ1) is 9.67. The molecule has 1 atom stereocenters. The summed E-state index contributed by atoms with van der Waals surface area (Å²) < 4.78 is 21.8. The normalized spacial score (nSPS) is 16.0. The molecule has 0 saturated carbocycles. The van der Waals surface area contributed by atoms with Crippen molar-refractivity contribution in [3.63, 3.8) is 0 Å². The molecule has 1 heterocycles. The fourth-order valence-electron chi connectivity index (χ4n) is 1.96. The lowest BCUT2D eigenvalue weighted by molar-refractivity contribution is 0.104. The third-order valence-corrected chi connectivity index (χ3v) is 4.15. The number of carbonyl (C=O) groups is 1. The Kier molecular flexibility index (Phi) is 8.47. The van der Waals surface area contributed by atoms with Crippen molar-refractivity contribution in [2.75, 3.05) is 32.5 Å². The van der Waals surface area contributed by atoms with Crippen molar-refractivity contribution in [2.45, 2.75) is 39.5 Å². The van der Waals surface area contributed by atoms with Gasteiger partial charge in [0, 0.05) is 13.1 Å². The van der Waals surface area contributed by atoms with E-state index in [1.54, 1.807) is 4.90 Å². The van der Waals surface area contributed by atoms with Crippen LogP contribution in [0.15, 0.2) is 11.6 Å². The van der Waals surface area contributed by atoms with Gasteiger partial charge in [-0.05, 0) is 36.8 Å². The van der Waals surface area contributed by atoms with Gasteiger partial charge in [-0.25, -0.2) is 4.79 Å². The SMILES string of the molecule is CCCCO[P+](=O)CC=C1CCN(C(=O)OCC)CC1. The fourth-order valence-corrected chi connectivity index (χ4v) is 2.81. The van der Waals surface area contributed by atoms with Gasteiger partial charge in [-0.1, -0.05) is 18.9 Å². The Hall–Kier alpha value is -0.930. The number of likely N-dealkylation sites (tertiary alicyclic amines) is 1. The maximum absolute atomic E-state index is 11.6. The van der Waals surface area contributed by atoms with E-state index < -0.39 is 8.03 Å². The second kappa shape index (κ2) is 9.89. The predicted octanol–water partition coefficient (Wildman–Crippen LogP) is 3.72. The standard InChI is InChI=1S/C14H25NO4P/c1-3-5-11-19-20(17)12-8-13-6-9-15(10-7-13)14(16)18-4-2/h8H,3-7,9-12H2,1-2H3/q+1. The Morgan fingerprint density at radius 2 is 2.05 bits per heavy atom. The maximum Gasteiger partial charge on any atom is 0.512 e. The van der Waals surface area contributed by atoms with Crippen LogP contribution >= 0.6 is 8.03 Å². The Morgan fingerprint density at radius 3 is 2.65 bits per heavy atom. The monoisotopic (exact) mass is 302 g/mol. The van der Waals surface area contributed by atoms with E-state index in [1.165, 1.54) is 5.57 Å². The largest absolute Gasteiger partial charge is 0.512 e. The lowest BCUT2D eigenvalue weighted by Crippen LogP contribution is -2.36. The number of rotatable bonds is 7. The molecule has 0 N–H and O–H groups in total. The minimum Gasteiger partial charge on any atom is -0.450 e. The third kappa shape index (κ3) is 6.49. The molecule has 0 aromatic heterocycles. The number of nitrogens with zero attached hydrogens (tertiary/aromatic N) is 1. The Morgan fingerprint density at radius 1 is 1.35 bits per heavy atom. The summed E-state index contributed by atoms with van der Waals surface area (Å²) in [5.74, 6) is 0. The molecular weight excluding hydrogens is 277 g/mol. The molecule has 1 amide bonds. The minimum atomic E-state index is -1.58. The van der Waals surface area contributed by atoms with Crippen molar-refractivity contribution in [3.8, 4) is 0 Å². The summed E-state index contributed by atoms with van der Waals surface area (Å²) in [6.45, 7) is 6.23. The summed E-state index contributed by atoms with van der Waals surface area (Å²) in [7, 11) is -1.58. The lowest BCUT2D eigenvalue weighted by atomic mass is 10.0. The highest BCUT2D eigenvalue weighted by molar-refractivity contribution is 7.39. The number of hydrogen-bond donors (Lipinski definition) is 0. The topological polar surface area (TPSA) is 55.8 Å². The molecule has 114 valence electrons. The van der Waals surface area contributed by atoms with Gasteiger partial charge < -0.3 is 9.64 Å². The first-order valence-corrected chi connectivity index (χ1v) is 8.70. The molecule has 1 saturated heterocycles. The number of ether oxygens (including phenoxy) is 1. The number of piperidine rings is 1. The van der Waals surface area contributed by atoms with Gasteiger partial charge in [-0.2, -0.15) is 0 Å². The summed E-state index contributed by atoms with van der Waals surface area (Å²) in [6, 6.07) is 0. The van der Waals surface area contributed by atoms with E-state index in [0.717, 1.165) is 25.7 Å². The molecular formula is C14H25NO4P+. The average Bonchev–Trinajstić information content (AvgIpc) is 2.46. The van der Waals surface area contributed by atoms with Crippen molar-refractivity contribution in [1.29, 1.82) is 0 Å². The van der Waals surface area contributed by atoms with Crippen molar-refractivity contribution in [2.24, 2.45) is 0 Å². The highest BCUT2D eigenvalue weighted by Gasteiger charge is 2.21. The average molecular weight is 302 g/mol. The van der Waals surface area contributed by atoms with Crippen LogP contribution in [0.25, 0.3) is 0 Å².